The summed E-state index contributed by atoms with van der Waals surface area (Å²) in [6, 6.07) is 0. The van der Waals surface area contributed by atoms with Crippen LogP contribution in [0.1, 0.15) is 25.7 Å². The second kappa shape index (κ2) is 3.60. The van der Waals surface area contributed by atoms with E-state index in [9.17, 15) is 0 Å². The van der Waals surface area contributed by atoms with E-state index in [0.29, 0.717) is 0 Å². The van der Waals surface area contributed by atoms with Crippen LogP contribution in [-0.4, -0.2) is 11.9 Å². The molecule has 0 N–H and O–H groups in total. The smallest absolute Gasteiger partial charge is 0.0505 e. The predicted octanol–water partition coefficient (Wildman–Crippen LogP) is 3.79. The van der Waals surface area contributed by atoms with Crippen LogP contribution in [0.5, 0.6) is 0 Å². The van der Waals surface area contributed by atoms with Gasteiger partial charge in [-0.15, -0.1) is 0 Å². The van der Waals surface area contributed by atoms with Crippen molar-refractivity contribution in [3.63, 3.8) is 0 Å². The minimum absolute atomic E-state index is 1.21. The van der Waals surface area contributed by atoms with Crippen molar-refractivity contribution in [1.29, 1.82) is 0 Å². The van der Waals surface area contributed by atoms with Crippen LogP contribution in [0, 0.1) is 0 Å². The van der Waals surface area contributed by atoms with Crippen molar-refractivity contribution < 1.29 is 0 Å². The molecule has 0 saturated heterocycles. The number of allylic oxidation sites excluding steroid dienone is 6. The summed E-state index contributed by atoms with van der Waals surface area (Å²) in [5.74, 6) is 0. The molecular weight excluding hydrogens is 202 g/mol. The Morgan fingerprint density at radius 1 is 1.00 bits per heavy atom. The molecule has 0 bridgehead atoms. The highest BCUT2D eigenvalue weighted by atomic mass is 32.2. The van der Waals surface area contributed by atoms with Gasteiger partial charge >= 0.3 is 0 Å². The van der Waals surface area contributed by atoms with Crippen LogP contribution in [0.4, 0.5) is 0 Å². The van der Waals surface area contributed by atoms with Gasteiger partial charge in [-0.1, -0.05) is 23.9 Å². The Balaban J connectivity index is 2.01. The number of likely N-dealkylation sites (N-methyl/N-ethyl adjacent to an activating group) is 1. The Labute approximate surface area is 95.2 Å². The first-order valence-corrected chi connectivity index (χ1v) is 6.39. The van der Waals surface area contributed by atoms with E-state index in [1.165, 1.54) is 37.1 Å². The summed E-state index contributed by atoms with van der Waals surface area (Å²) in [7, 11) is 2.19. The number of rotatable bonds is 0. The van der Waals surface area contributed by atoms with Crippen LogP contribution in [-0.2, 0) is 0 Å². The van der Waals surface area contributed by atoms with Crippen LogP contribution in [0.3, 0.4) is 0 Å². The lowest BCUT2D eigenvalue weighted by Gasteiger charge is -2.34. The third-order valence-corrected chi connectivity index (χ3v) is 4.49. The summed E-state index contributed by atoms with van der Waals surface area (Å²) in [5, 5.41) is 0. The summed E-state index contributed by atoms with van der Waals surface area (Å²) in [5.41, 5.74) is 2.83. The standard InChI is InChI=1S/C13H15NS/c1-14-10-6-2-4-8-12(10)15-13-9-5-3-7-11(13)14/h2-3,6-7H,4-5,8-9H2,1H3. The maximum atomic E-state index is 2.35. The summed E-state index contributed by atoms with van der Waals surface area (Å²) in [6.45, 7) is 0. The Bertz CT molecular complexity index is 374. The lowest BCUT2D eigenvalue weighted by atomic mass is 10.1. The molecule has 78 valence electrons. The highest BCUT2D eigenvalue weighted by Gasteiger charge is 2.24. The predicted molar refractivity (Wildman–Crippen MR) is 66.2 cm³/mol. The summed E-state index contributed by atoms with van der Waals surface area (Å²) < 4.78 is 0. The molecule has 2 aliphatic carbocycles. The van der Waals surface area contributed by atoms with E-state index in [1.54, 1.807) is 9.81 Å². The molecule has 0 aromatic carbocycles. The fraction of sp³-hybridized carbons (Fsp3) is 0.385. The van der Waals surface area contributed by atoms with Crippen molar-refractivity contribution >= 4 is 11.8 Å². The molecule has 0 aromatic rings. The third kappa shape index (κ3) is 1.48. The maximum absolute atomic E-state index is 2.35. The molecule has 15 heavy (non-hydrogen) atoms. The zero-order chi connectivity index (χ0) is 10.3. The van der Waals surface area contributed by atoms with Gasteiger partial charge in [0.2, 0.25) is 0 Å². The third-order valence-electron chi connectivity index (χ3n) is 3.17. The highest BCUT2D eigenvalue weighted by molar-refractivity contribution is 8.06. The Morgan fingerprint density at radius 3 is 2.07 bits per heavy atom. The van der Waals surface area contributed by atoms with Crippen molar-refractivity contribution in [2.45, 2.75) is 25.7 Å². The molecule has 0 radical (unpaired) electrons. The highest BCUT2D eigenvalue weighted by Crippen LogP contribution is 2.45. The molecule has 0 fully saturated rings. The van der Waals surface area contributed by atoms with Gasteiger partial charge in [-0.05, 0) is 37.8 Å². The largest absolute Gasteiger partial charge is 0.343 e. The molecule has 1 heterocycles. The molecule has 0 amide bonds. The average Bonchev–Trinajstić information content (AvgIpc) is 2.30. The number of nitrogens with zero attached hydrogens (tertiary/aromatic N) is 1. The van der Waals surface area contributed by atoms with Crippen molar-refractivity contribution in [3.8, 4) is 0 Å². The first kappa shape index (κ1) is 9.34. The second-order valence-electron chi connectivity index (χ2n) is 4.16. The molecule has 2 heteroatoms. The maximum Gasteiger partial charge on any atom is 0.0505 e. The topological polar surface area (TPSA) is 3.24 Å². The lowest BCUT2D eigenvalue weighted by molar-refractivity contribution is 0.533. The van der Waals surface area contributed by atoms with E-state index in [-0.39, 0.29) is 0 Å². The molecule has 0 atom stereocenters. The van der Waals surface area contributed by atoms with Crippen LogP contribution in [0.25, 0.3) is 0 Å². The molecule has 1 aliphatic heterocycles. The van der Waals surface area contributed by atoms with Crippen molar-refractivity contribution in [1.82, 2.24) is 4.90 Å². The molecule has 3 rings (SSSR count). The minimum atomic E-state index is 1.21. The summed E-state index contributed by atoms with van der Waals surface area (Å²) in [6.07, 6.45) is 14.0. The van der Waals surface area contributed by atoms with E-state index in [2.05, 4.69) is 36.3 Å². The summed E-state index contributed by atoms with van der Waals surface area (Å²) >= 11 is 2.02. The quantitative estimate of drug-likeness (QED) is 0.607. The number of hydrogen-bond acceptors (Lipinski definition) is 2. The average molecular weight is 217 g/mol. The van der Waals surface area contributed by atoms with E-state index in [0.717, 1.165) is 0 Å². The molecule has 1 nitrogen and oxygen atoms in total. The molecular formula is C13H15NS. The normalized spacial score (nSPS) is 24.5. The van der Waals surface area contributed by atoms with Gasteiger partial charge in [0.25, 0.3) is 0 Å². The number of thioether (sulfide) groups is 1. The van der Waals surface area contributed by atoms with Gasteiger partial charge < -0.3 is 4.90 Å². The van der Waals surface area contributed by atoms with Crippen molar-refractivity contribution in [2.75, 3.05) is 7.05 Å². The fourth-order valence-corrected chi connectivity index (χ4v) is 3.70. The van der Waals surface area contributed by atoms with Gasteiger partial charge in [-0.3, -0.25) is 0 Å². The first-order chi connectivity index (χ1) is 7.36. The van der Waals surface area contributed by atoms with Gasteiger partial charge in [-0.25, -0.2) is 0 Å². The Kier molecular flexibility index (Phi) is 2.24. The van der Waals surface area contributed by atoms with E-state index >= 15 is 0 Å². The van der Waals surface area contributed by atoms with Crippen LogP contribution < -0.4 is 0 Å². The second-order valence-corrected chi connectivity index (χ2v) is 5.35. The molecule has 0 saturated carbocycles. The number of hydrogen-bond donors (Lipinski definition) is 0. The Hall–Kier alpha value is -0.890. The van der Waals surface area contributed by atoms with Gasteiger partial charge in [-0.2, -0.15) is 0 Å². The minimum Gasteiger partial charge on any atom is -0.343 e. The Morgan fingerprint density at radius 2 is 1.53 bits per heavy atom. The van der Waals surface area contributed by atoms with E-state index in [4.69, 9.17) is 0 Å². The van der Waals surface area contributed by atoms with Gasteiger partial charge in [0.1, 0.15) is 0 Å². The molecule has 3 aliphatic rings. The summed E-state index contributed by atoms with van der Waals surface area (Å²) in [4.78, 5) is 5.48. The zero-order valence-corrected chi connectivity index (χ0v) is 9.81. The zero-order valence-electron chi connectivity index (χ0n) is 8.99. The fourth-order valence-electron chi connectivity index (χ4n) is 2.34. The first-order valence-electron chi connectivity index (χ1n) is 5.57. The molecule has 0 spiro atoms. The van der Waals surface area contributed by atoms with Crippen molar-refractivity contribution in [2.24, 2.45) is 0 Å². The van der Waals surface area contributed by atoms with Crippen molar-refractivity contribution in [3.05, 3.63) is 45.5 Å². The monoisotopic (exact) mass is 217 g/mol. The molecule has 0 unspecified atom stereocenters. The van der Waals surface area contributed by atoms with Crippen LogP contribution in [0.2, 0.25) is 0 Å². The SMILES string of the molecule is CN1C2=C(CCC=C2)SC2=C1C=CCC2. The van der Waals surface area contributed by atoms with Crippen LogP contribution >= 0.6 is 11.8 Å². The van der Waals surface area contributed by atoms with Gasteiger partial charge in [0.05, 0.1) is 11.4 Å². The van der Waals surface area contributed by atoms with Gasteiger partial charge in [0, 0.05) is 16.9 Å². The molecule has 0 aromatic heterocycles. The van der Waals surface area contributed by atoms with E-state index in [1.807, 2.05) is 11.8 Å². The van der Waals surface area contributed by atoms with Crippen LogP contribution in [0.15, 0.2) is 45.5 Å². The van der Waals surface area contributed by atoms with E-state index < -0.39 is 0 Å². The lowest BCUT2D eigenvalue weighted by Crippen LogP contribution is -2.22. The van der Waals surface area contributed by atoms with Gasteiger partial charge in [0.15, 0.2) is 0 Å².